The first-order valence-corrected chi connectivity index (χ1v) is 12.7. The number of carbonyl (C=O) groups excluding carboxylic acids is 1. The summed E-state index contributed by atoms with van der Waals surface area (Å²) in [7, 11) is 0. The van der Waals surface area contributed by atoms with Crippen molar-refractivity contribution in [3.63, 3.8) is 0 Å². The summed E-state index contributed by atoms with van der Waals surface area (Å²) in [6.07, 6.45) is 6.12. The fraction of sp³-hybridized carbons (Fsp3) is 0.310. The topological polar surface area (TPSA) is 49.6 Å². The van der Waals surface area contributed by atoms with Crippen LogP contribution in [0.1, 0.15) is 48.2 Å². The van der Waals surface area contributed by atoms with Crippen molar-refractivity contribution in [2.24, 2.45) is 0 Å². The van der Waals surface area contributed by atoms with Gasteiger partial charge in [0.25, 0.3) is 0 Å². The van der Waals surface area contributed by atoms with Crippen LogP contribution in [0.5, 0.6) is 0 Å². The van der Waals surface area contributed by atoms with Gasteiger partial charge < -0.3 is 14.6 Å². The van der Waals surface area contributed by atoms with E-state index in [-0.39, 0.29) is 0 Å². The molecule has 1 aliphatic rings. The molecule has 1 saturated heterocycles. The van der Waals surface area contributed by atoms with E-state index in [2.05, 4.69) is 76.0 Å². The van der Waals surface area contributed by atoms with Gasteiger partial charge in [-0.3, -0.25) is 4.79 Å². The van der Waals surface area contributed by atoms with Crippen LogP contribution in [-0.2, 0) is 17.8 Å². The first-order chi connectivity index (χ1) is 17.1. The third-order valence-corrected chi connectivity index (χ3v) is 6.98. The van der Waals surface area contributed by atoms with Gasteiger partial charge >= 0.3 is 0 Å². The maximum atomic E-state index is 10.3. The molecule has 0 spiro atoms. The second-order valence-electron chi connectivity index (χ2n) is 8.90. The quantitative estimate of drug-likeness (QED) is 0.330. The number of benzene rings is 2. The second kappa shape index (κ2) is 11.9. The van der Waals surface area contributed by atoms with E-state index in [4.69, 9.17) is 11.6 Å². The summed E-state index contributed by atoms with van der Waals surface area (Å²) >= 11 is 5.97. The Hall–Kier alpha value is -3.31. The van der Waals surface area contributed by atoms with Crippen LogP contribution in [0.2, 0.25) is 5.02 Å². The molecule has 5 nitrogen and oxygen atoms in total. The SMILES string of the molecule is CCc1nc2ccccn2c1C.O=CNCc1ccc(N2CCC(c3ccc(Cl)cc3)CC2)cc1. The van der Waals surface area contributed by atoms with Gasteiger partial charge in [-0.15, -0.1) is 0 Å². The molecule has 0 unspecified atom stereocenters. The zero-order chi connectivity index (χ0) is 24.6. The number of rotatable bonds is 6. The Balaban J connectivity index is 0.000000201. The zero-order valence-electron chi connectivity index (χ0n) is 20.5. The number of hydrogen-bond acceptors (Lipinski definition) is 3. The Morgan fingerprint density at radius 3 is 2.37 bits per heavy atom. The predicted molar refractivity (Wildman–Crippen MR) is 144 cm³/mol. The van der Waals surface area contributed by atoms with Crippen molar-refractivity contribution < 1.29 is 4.79 Å². The Kier molecular flexibility index (Phi) is 8.43. The summed E-state index contributed by atoms with van der Waals surface area (Å²) in [4.78, 5) is 17.3. The maximum absolute atomic E-state index is 10.3. The van der Waals surface area contributed by atoms with Crippen LogP contribution in [0.25, 0.3) is 5.65 Å². The van der Waals surface area contributed by atoms with E-state index < -0.39 is 0 Å². The number of aryl methyl sites for hydroxylation is 2. The van der Waals surface area contributed by atoms with Gasteiger partial charge in [0.05, 0.1) is 5.69 Å². The van der Waals surface area contributed by atoms with Crippen molar-refractivity contribution in [1.82, 2.24) is 14.7 Å². The third-order valence-electron chi connectivity index (χ3n) is 6.73. The van der Waals surface area contributed by atoms with Crippen molar-refractivity contribution in [3.05, 3.63) is 100 Å². The Labute approximate surface area is 212 Å². The fourth-order valence-electron chi connectivity index (χ4n) is 4.69. The molecule has 1 fully saturated rings. The smallest absolute Gasteiger partial charge is 0.207 e. The van der Waals surface area contributed by atoms with E-state index in [0.717, 1.165) is 55.0 Å². The van der Waals surface area contributed by atoms with Crippen molar-refractivity contribution in [2.45, 2.75) is 45.6 Å². The third kappa shape index (κ3) is 6.23. The molecule has 1 aliphatic heterocycles. The lowest BCUT2D eigenvalue weighted by Crippen LogP contribution is -2.32. The Morgan fingerprint density at radius 1 is 1.03 bits per heavy atom. The summed E-state index contributed by atoms with van der Waals surface area (Å²) in [6, 6.07) is 22.8. The molecule has 0 saturated carbocycles. The van der Waals surface area contributed by atoms with E-state index in [1.165, 1.54) is 22.6 Å². The number of imidazole rings is 1. The van der Waals surface area contributed by atoms with E-state index in [0.29, 0.717) is 12.5 Å². The van der Waals surface area contributed by atoms with Gasteiger partial charge in [0.1, 0.15) is 5.65 Å². The van der Waals surface area contributed by atoms with Crippen LogP contribution >= 0.6 is 11.6 Å². The van der Waals surface area contributed by atoms with Crippen LogP contribution in [-0.4, -0.2) is 28.9 Å². The fourth-order valence-corrected chi connectivity index (χ4v) is 4.82. The van der Waals surface area contributed by atoms with Crippen LogP contribution in [0.15, 0.2) is 72.9 Å². The molecule has 35 heavy (non-hydrogen) atoms. The average Bonchev–Trinajstić information content (AvgIpc) is 3.24. The van der Waals surface area contributed by atoms with Gasteiger partial charge in [0.2, 0.25) is 6.41 Å². The van der Waals surface area contributed by atoms with Gasteiger partial charge in [-0.25, -0.2) is 4.98 Å². The molecule has 2 aromatic carbocycles. The lowest BCUT2D eigenvalue weighted by Gasteiger charge is -2.34. The molecule has 3 heterocycles. The first kappa shape index (κ1) is 24.8. The zero-order valence-corrected chi connectivity index (χ0v) is 21.2. The number of piperidine rings is 1. The summed E-state index contributed by atoms with van der Waals surface area (Å²) in [6.45, 7) is 6.97. The number of aromatic nitrogens is 2. The second-order valence-corrected chi connectivity index (χ2v) is 9.34. The van der Waals surface area contributed by atoms with Gasteiger partial charge in [-0.2, -0.15) is 0 Å². The lowest BCUT2D eigenvalue weighted by atomic mass is 9.89. The highest BCUT2D eigenvalue weighted by Crippen LogP contribution is 2.31. The van der Waals surface area contributed by atoms with Crippen LogP contribution in [0, 0.1) is 6.92 Å². The van der Waals surface area contributed by atoms with E-state index in [1.807, 2.05) is 30.3 Å². The number of halogens is 1. The normalized spacial score (nSPS) is 13.9. The number of nitrogens with zero attached hydrogens (tertiary/aromatic N) is 3. The molecule has 5 rings (SSSR count). The summed E-state index contributed by atoms with van der Waals surface area (Å²) < 4.78 is 2.12. The molecule has 0 bridgehead atoms. The molecule has 1 N–H and O–H groups in total. The molecule has 4 aromatic rings. The minimum Gasteiger partial charge on any atom is -0.371 e. The molecular weight excluding hydrogens is 456 g/mol. The Morgan fingerprint density at radius 2 is 1.74 bits per heavy atom. The molecule has 182 valence electrons. The Bertz CT molecular complexity index is 1230. The molecule has 6 heteroatoms. The minimum absolute atomic E-state index is 0.586. The summed E-state index contributed by atoms with van der Waals surface area (Å²) in [5.74, 6) is 0.625. The van der Waals surface area contributed by atoms with Crippen LogP contribution in [0.4, 0.5) is 5.69 Å². The first-order valence-electron chi connectivity index (χ1n) is 12.3. The highest BCUT2D eigenvalue weighted by molar-refractivity contribution is 6.30. The van der Waals surface area contributed by atoms with Gasteiger partial charge in [0, 0.05) is 42.2 Å². The number of hydrogen-bond donors (Lipinski definition) is 1. The van der Waals surface area contributed by atoms with Gasteiger partial charge in [-0.05, 0) is 79.6 Å². The largest absolute Gasteiger partial charge is 0.371 e. The molecular formula is C29H33ClN4O. The molecule has 0 radical (unpaired) electrons. The predicted octanol–water partition coefficient (Wildman–Crippen LogP) is 6.18. The highest BCUT2D eigenvalue weighted by Gasteiger charge is 2.20. The lowest BCUT2D eigenvalue weighted by molar-refractivity contribution is -0.109. The van der Waals surface area contributed by atoms with Crippen molar-refractivity contribution in [3.8, 4) is 0 Å². The van der Waals surface area contributed by atoms with Gasteiger partial charge in [0.15, 0.2) is 0 Å². The number of carbonyl (C=O) groups is 1. The molecule has 2 aromatic heterocycles. The van der Waals surface area contributed by atoms with Crippen molar-refractivity contribution in [1.29, 1.82) is 0 Å². The molecule has 1 amide bonds. The number of amides is 1. The monoisotopic (exact) mass is 488 g/mol. The average molecular weight is 489 g/mol. The number of anilines is 1. The summed E-state index contributed by atoms with van der Waals surface area (Å²) in [5, 5.41) is 3.49. The number of pyridine rings is 1. The molecule has 0 atom stereocenters. The minimum atomic E-state index is 0.586. The highest BCUT2D eigenvalue weighted by atomic mass is 35.5. The van der Waals surface area contributed by atoms with Crippen LogP contribution in [0.3, 0.4) is 0 Å². The van der Waals surface area contributed by atoms with E-state index in [1.54, 1.807) is 0 Å². The molecule has 0 aliphatic carbocycles. The number of nitrogens with one attached hydrogen (secondary N) is 1. The van der Waals surface area contributed by atoms with E-state index in [9.17, 15) is 4.79 Å². The standard InChI is InChI=1S/C19H21ClN2O.C10H12N2/c20-18-5-3-16(4-6-18)17-9-11-22(12-10-17)19-7-1-15(2-8-19)13-21-14-23;1-3-9-8(2)12-7-5-4-6-10(12)11-9/h1-8,14,17H,9-13H2,(H,21,23);4-7H,3H2,1-2H3. The number of fused-ring (bicyclic) bond motifs is 1. The maximum Gasteiger partial charge on any atom is 0.207 e. The van der Waals surface area contributed by atoms with Crippen LogP contribution < -0.4 is 10.2 Å². The van der Waals surface area contributed by atoms with Gasteiger partial charge in [-0.1, -0.05) is 48.9 Å². The van der Waals surface area contributed by atoms with E-state index >= 15 is 0 Å². The van der Waals surface area contributed by atoms with Crippen molar-refractivity contribution in [2.75, 3.05) is 18.0 Å². The summed E-state index contributed by atoms with van der Waals surface area (Å²) in [5.41, 5.74) is 7.27. The van der Waals surface area contributed by atoms with Crippen molar-refractivity contribution >= 4 is 29.3 Å².